The summed E-state index contributed by atoms with van der Waals surface area (Å²) < 4.78 is 6.82. The van der Waals surface area contributed by atoms with Crippen molar-refractivity contribution < 1.29 is 19.4 Å². The number of nitrogens with one attached hydrogen (secondary N) is 1. The van der Waals surface area contributed by atoms with Gasteiger partial charge in [0, 0.05) is 12.1 Å². The van der Waals surface area contributed by atoms with Crippen LogP contribution in [-0.2, 0) is 11.3 Å². The lowest BCUT2D eigenvalue weighted by molar-refractivity contribution is -0.385. The molecule has 0 fully saturated rings. The lowest BCUT2D eigenvalue weighted by atomic mass is 10.2. The first-order chi connectivity index (χ1) is 14.2. The third-order valence-electron chi connectivity index (χ3n) is 4.03. The standard InChI is InChI=1S/C19H17N5O6/c1-12-4-3-5-16(6-12)30-17-8-14(7-15(9-17)23(26)27)20-19(25)11-22-10-18(24(28)29)13(2)21-22/h3-10H,11H2,1-2H3,(H,20,25). The van der Waals surface area contributed by atoms with Gasteiger partial charge in [0.05, 0.1) is 21.6 Å². The number of nitro groups is 2. The van der Waals surface area contributed by atoms with Crippen LogP contribution in [0.5, 0.6) is 11.5 Å². The predicted molar refractivity (Wildman–Crippen MR) is 107 cm³/mol. The molecule has 0 saturated heterocycles. The Morgan fingerprint density at radius 1 is 1.10 bits per heavy atom. The third-order valence-corrected chi connectivity index (χ3v) is 4.03. The highest BCUT2D eigenvalue weighted by Gasteiger charge is 2.18. The minimum Gasteiger partial charge on any atom is -0.457 e. The highest BCUT2D eigenvalue weighted by Crippen LogP contribution is 2.30. The van der Waals surface area contributed by atoms with Crippen molar-refractivity contribution in [1.82, 2.24) is 9.78 Å². The van der Waals surface area contributed by atoms with Gasteiger partial charge in [0.15, 0.2) is 0 Å². The van der Waals surface area contributed by atoms with Crippen LogP contribution in [0.1, 0.15) is 11.3 Å². The number of nitrogens with zero attached hydrogens (tertiary/aromatic N) is 4. The molecule has 1 heterocycles. The highest BCUT2D eigenvalue weighted by atomic mass is 16.6. The predicted octanol–water partition coefficient (Wildman–Crippen LogP) is 3.75. The summed E-state index contributed by atoms with van der Waals surface area (Å²) in [5.41, 5.74) is 0.815. The molecule has 11 nitrogen and oxygen atoms in total. The average molecular weight is 411 g/mol. The van der Waals surface area contributed by atoms with Gasteiger partial charge in [0.25, 0.3) is 5.69 Å². The summed E-state index contributed by atoms with van der Waals surface area (Å²) in [6, 6.07) is 11.0. The summed E-state index contributed by atoms with van der Waals surface area (Å²) in [5, 5.41) is 28.6. The number of rotatable bonds is 7. The Morgan fingerprint density at radius 3 is 2.50 bits per heavy atom. The Morgan fingerprint density at radius 2 is 1.87 bits per heavy atom. The number of non-ortho nitro benzene ring substituents is 1. The Hall–Kier alpha value is -4.28. The van der Waals surface area contributed by atoms with Gasteiger partial charge in [-0.2, -0.15) is 5.10 Å². The Labute approximate surface area is 170 Å². The number of hydrogen-bond donors (Lipinski definition) is 1. The van der Waals surface area contributed by atoms with Crippen LogP contribution < -0.4 is 10.1 Å². The zero-order chi connectivity index (χ0) is 21.8. The maximum absolute atomic E-state index is 12.3. The van der Waals surface area contributed by atoms with E-state index in [0.29, 0.717) is 5.75 Å². The van der Waals surface area contributed by atoms with E-state index in [4.69, 9.17) is 4.74 Å². The molecule has 3 rings (SSSR count). The first-order valence-corrected chi connectivity index (χ1v) is 8.73. The maximum atomic E-state index is 12.3. The van der Waals surface area contributed by atoms with Crippen LogP contribution in [0, 0.1) is 34.1 Å². The van der Waals surface area contributed by atoms with E-state index in [0.717, 1.165) is 16.4 Å². The second kappa shape index (κ2) is 8.39. The van der Waals surface area contributed by atoms with Crippen molar-refractivity contribution in [2.45, 2.75) is 20.4 Å². The van der Waals surface area contributed by atoms with E-state index in [1.165, 1.54) is 25.1 Å². The molecule has 1 amide bonds. The van der Waals surface area contributed by atoms with E-state index < -0.39 is 15.8 Å². The van der Waals surface area contributed by atoms with Crippen LogP contribution in [0.2, 0.25) is 0 Å². The van der Waals surface area contributed by atoms with Gasteiger partial charge >= 0.3 is 5.69 Å². The van der Waals surface area contributed by atoms with Crippen molar-refractivity contribution in [2.24, 2.45) is 0 Å². The molecule has 154 valence electrons. The summed E-state index contributed by atoms with van der Waals surface area (Å²) >= 11 is 0. The number of aromatic nitrogens is 2. The Kier molecular flexibility index (Phi) is 5.72. The minimum absolute atomic E-state index is 0.148. The molecule has 0 aliphatic rings. The van der Waals surface area contributed by atoms with Crippen molar-refractivity contribution in [2.75, 3.05) is 5.32 Å². The molecule has 30 heavy (non-hydrogen) atoms. The van der Waals surface area contributed by atoms with Crippen molar-refractivity contribution in [1.29, 1.82) is 0 Å². The number of hydrogen-bond acceptors (Lipinski definition) is 7. The third kappa shape index (κ3) is 4.95. The zero-order valence-corrected chi connectivity index (χ0v) is 16.1. The van der Waals surface area contributed by atoms with Gasteiger partial charge in [-0.1, -0.05) is 12.1 Å². The van der Waals surface area contributed by atoms with Crippen LogP contribution in [0.4, 0.5) is 17.1 Å². The van der Waals surface area contributed by atoms with Gasteiger partial charge in [0.2, 0.25) is 5.91 Å². The molecule has 2 aromatic carbocycles. The van der Waals surface area contributed by atoms with Gasteiger partial charge in [-0.15, -0.1) is 0 Å². The molecule has 1 N–H and O–H groups in total. The second-order valence-corrected chi connectivity index (χ2v) is 6.49. The molecule has 0 atom stereocenters. The van der Waals surface area contributed by atoms with Gasteiger partial charge in [0.1, 0.15) is 29.9 Å². The van der Waals surface area contributed by atoms with Gasteiger partial charge in [-0.05, 0) is 31.5 Å². The molecular weight excluding hydrogens is 394 g/mol. The Balaban J connectivity index is 1.79. The molecule has 3 aromatic rings. The normalized spacial score (nSPS) is 10.5. The number of carbonyl (C=O) groups excluding carboxylic acids is 1. The summed E-state index contributed by atoms with van der Waals surface area (Å²) in [6.07, 6.45) is 1.15. The molecular formula is C19H17N5O6. The van der Waals surface area contributed by atoms with E-state index >= 15 is 0 Å². The first kappa shape index (κ1) is 20.5. The fourth-order valence-electron chi connectivity index (χ4n) is 2.75. The summed E-state index contributed by atoms with van der Waals surface area (Å²) in [7, 11) is 0. The van der Waals surface area contributed by atoms with Crippen LogP contribution in [0.3, 0.4) is 0 Å². The van der Waals surface area contributed by atoms with E-state index in [9.17, 15) is 25.0 Å². The van der Waals surface area contributed by atoms with Gasteiger partial charge in [-0.25, -0.2) is 0 Å². The highest BCUT2D eigenvalue weighted by molar-refractivity contribution is 5.91. The van der Waals surface area contributed by atoms with Crippen molar-refractivity contribution in [3.05, 3.63) is 80.1 Å². The van der Waals surface area contributed by atoms with Crippen molar-refractivity contribution in [3.8, 4) is 11.5 Å². The number of benzene rings is 2. The molecule has 1 aromatic heterocycles. The molecule has 0 spiro atoms. The average Bonchev–Trinajstić information content (AvgIpc) is 3.01. The summed E-state index contributed by atoms with van der Waals surface area (Å²) in [5.74, 6) is 0.108. The number of aryl methyl sites for hydroxylation is 2. The van der Waals surface area contributed by atoms with Crippen molar-refractivity contribution in [3.63, 3.8) is 0 Å². The van der Waals surface area contributed by atoms with Crippen LogP contribution in [0.25, 0.3) is 0 Å². The number of amides is 1. The number of ether oxygens (including phenoxy) is 1. The fraction of sp³-hybridized carbons (Fsp3) is 0.158. The lowest BCUT2D eigenvalue weighted by Crippen LogP contribution is -2.19. The largest absolute Gasteiger partial charge is 0.457 e. The monoisotopic (exact) mass is 411 g/mol. The smallest absolute Gasteiger partial charge is 0.309 e. The minimum atomic E-state index is -0.598. The lowest BCUT2D eigenvalue weighted by Gasteiger charge is -2.10. The summed E-state index contributed by atoms with van der Waals surface area (Å²) in [6.45, 7) is 3.04. The van der Waals surface area contributed by atoms with Crippen LogP contribution in [-0.4, -0.2) is 25.5 Å². The van der Waals surface area contributed by atoms with Crippen molar-refractivity contribution >= 4 is 23.0 Å². The quantitative estimate of drug-likeness (QED) is 0.461. The molecule has 0 bridgehead atoms. The zero-order valence-electron chi connectivity index (χ0n) is 16.1. The number of anilines is 1. The number of nitro benzene ring substituents is 1. The second-order valence-electron chi connectivity index (χ2n) is 6.49. The molecule has 0 aliphatic carbocycles. The van der Waals surface area contributed by atoms with Gasteiger partial charge in [-0.3, -0.25) is 29.7 Å². The number of carbonyl (C=O) groups is 1. The van der Waals surface area contributed by atoms with E-state index in [-0.39, 0.29) is 35.1 Å². The maximum Gasteiger partial charge on any atom is 0.309 e. The molecule has 0 radical (unpaired) electrons. The molecule has 11 heteroatoms. The SMILES string of the molecule is Cc1cccc(Oc2cc(NC(=O)Cn3cc([N+](=O)[O-])c(C)n3)cc([N+](=O)[O-])c2)c1. The summed E-state index contributed by atoms with van der Waals surface area (Å²) in [4.78, 5) is 33.3. The van der Waals surface area contributed by atoms with E-state index in [2.05, 4.69) is 10.4 Å². The molecule has 0 aliphatic heterocycles. The van der Waals surface area contributed by atoms with E-state index in [1.807, 2.05) is 13.0 Å². The first-order valence-electron chi connectivity index (χ1n) is 8.73. The van der Waals surface area contributed by atoms with Crippen LogP contribution in [0.15, 0.2) is 48.7 Å². The fourth-order valence-corrected chi connectivity index (χ4v) is 2.75. The van der Waals surface area contributed by atoms with Crippen LogP contribution >= 0.6 is 0 Å². The topological polar surface area (TPSA) is 142 Å². The molecule has 0 unspecified atom stereocenters. The van der Waals surface area contributed by atoms with E-state index in [1.54, 1.807) is 18.2 Å². The van der Waals surface area contributed by atoms with Gasteiger partial charge < -0.3 is 10.1 Å². The Bertz CT molecular complexity index is 1140. The molecule has 0 saturated carbocycles.